The van der Waals surface area contributed by atoms with Gasteiger partial charge in [0.15, 0.2) is 11.5 Å². The Bertz CT molecular complexity index is 862. The lowest BCUT2D eigenvalue weighted by atomic mass is 10.1. The van der Waals surface area contributed by atoms with Gasteiger partial charge in [-0.1, -0.05) is 60.7 Å². The number of carbonyl (C=O) groups excluding carboxylic acids is 1. The highest BCUT2D eigenvalue weighted by atomic mass is 16.6. The minimum Gasteiger partial charge on any atom is -0.462 e. The summed E-state index contributed by atoms with van der Waals surface area (Å²) in [4.78, 5) is 14.1. The normalized spacial score (nSPS) is 16.8. The summed E-state index contributed by atoms with van der Waals surface area (Å²) in [5, 5.41) is 9.74. The van der Waals surface area contributed by atoms with E-state index >= 15 is 0 Å². The van der Waals surface area contributed by atoms with Crippen molar-refractivity contribution in [2.75, 3.05) is 0 Å². The van der Waals surface area contributed by atoms with Crippen LogP contribution in [0.15, 0.2) is 66.4 Å². The molecule has 0 saturated heterocycles. The second kappa shape index (κ2) is 6.93. The van der Waals surface area contributed by atoms with Gasteiger partial charge in [0.05, 0.1) is 0 Å². The number of allylic oxidation sites excluding steroid dienone is 1. The Morgan fingerprint density at radius 1 is 1.08 bits per heavy atom. The van der Waals surface area contributed by atoms with Crippen LogP contribution in [0.2, 0.25) is 0 Å². The standard InChI is InChI=1S/C21H20N2O3/c1-21(2,3)26-20(24)23-17(14-22)18(15-10-6-4-7-11-15)25-19(23)16-12-8-5-9-13-16/h4-13,19H,1-3H3. The summed E-state index contributed by atoms with van der Waals surface area (Å²) in [6, 6.07) is 20.7. The molecule has 3 rings (SSSR count). The smallest absolute Gasteiger partial charge is 0.418 e. The molecule has 0 spiro atoms. The van der Waals surface area contributed by atoms with Gasteiger partial charge in [0, 0.05) is 11.1 Å². The zero-order chi connectivity index (χ0) is 18.7. The van der Waals surface area contributed by atoms with Crippen LogP contribution in [-0.2, 0) is 9.47 Å². The lowest BCUT2D eigenvalue weighted by Gasteiger charge is -2.27. The van der Waals surface area contributed by atoms with Crippen LogP contribution in [0, 0.1) is 11.3 Å². The summed E-state index contributed by atoms with van der Waals surface area (Å²) >= 11 is 0. The third kappa shape index (κ3) is 3.55. The molecule has 1 amide bonds. The molecule has 2 aromatic rings. The number of amides is 1. The van der Waals surface area contributed by atoms with Gasteiger partial charge in [-0.2, -0.15) is 5.26 Å². The first-order chi connectivity index (χ1) is 12.4. The average Bonchev–Trinajstić information content (AvgIpc) is 3.01. The Morgan fingerprint density at radius 3 is 2.19 bits per heavy atom. The summed E-state index contributed by atoms with van der Waals surface area (Å²) in [5.41, 5.74) is 0.946. The van der Waals surface area contributed by atoms with E-state index in [0.29, 0.717) is 5.76 Å². The number of nitrogens with zero attached hydrogens (tertiary/aromatic N) is 2. The van der Waals surface area contributed by atoms with Crippen molar-refractivity contribution in [3.05, 3.63) is 77.5 Å². The highest BCUT2D eigenvalue weighted by molar-refractivity contribution is 5.79. The Balaban J connectivity index is 2.07. The molecule has 2 aromatic carbocycles. The minimum atomic E-state index is -0.754. The maximum absolute atomic E-state index is 12.8. The number of carbonyl (C=O) groups is 1. The van der Waals surface area contributed by atoms with Gasteiger partial charge in [0.1, 0.15) is 11.7 Å². The second-order valence-electron chi connectivity index (χ2n) is 6.89. The molecule has 0 aromatic heterocycles. The molecule has 1 heterocycles. The van der Waals surface area contributed by atoms with Crippen molar-refractivity contribution in [3.63, 3.8) is 0 Å². The lowest BCUT2D eigenvalue weighted by Crippen LogP contribution is -2.36. The molecule has 0 aliphatic carbocycles. The maximum atomic E-state index is 12.8. The molecule has 5 heteroatoms. The highest BCUT2D eigenvalue weighted by Crippen LogP contribution is 2.41. The van der Waals surface area contributed by atoms with E-state index in [-0.39, 0.29) is 5.70 Å². The van der Waals surface area contributed by atoms with Gasteiger partial charge < -0.3 is 9.47 Å². The lowest BCUT2D eigenvalue weighted by molar-refractivity contribution is -0.000825. The Morgan fingerprint density at radius 2 is 1.65 bits per heavy atom. The fraction of sp³-hybridized carbons (Fsp3) is 0.238. The fourth-order valence-corrected chi connectivity index (χ4v) is 2.68. The van der Waals surface area contributed by atoms with Crippen molar-refractivity contribution in [2.45, 2.75) is 32.6 Å². The van der Waals surface area contributed by atoms with Gasteiger partial charge in [0.25, 0.3) is 0 Å². The Kier molecular flexibility index (Phi) is 4.68. The number of rotatable bonds is 2. The summed E-state index contributed by atoms with van der Waals surface area (Å²) in [5.74, 6) is 0.368. The predicted octanol–water partition coefficient (Wildman–Crippen LogP) is 4.84. The average molecular weight is 348 g/mol. The molecule has 5 nitrogen and oxygen atoms in total. The summed E-state index contributed by atoms with van der Waals surface area (Å²) in [6.45, 7) is 5.35. The van der Waals surface area contributed by atoms with Crippen molar-refractivity contribution in [1.82, 2.24) is 4.90 Å². The van der Waals surface area contributed by atoms with Crippen LogP contribution < -0.4 is 0 Å². The third-order valence-electron chi connectivity index (χ3n) is 3.74. The maximum Gasteiger partial charge on any atom is 0.418 e. The first-order valence-corrected chi connectivity index (χ1v) is 8.34. The molecule has 0 fully saturated rings. The molecule has 0 saturated carbocycles. The molecule has 0 radical (unpaired) electrons. The second-order valence-corrected chi connectivity index (χ2v) is 6.89. The van der Waals surface area contributed by atoms with Gasteiger partial charge in [0.2, 0.25) is 6.23 Å². The number of nitriles is 1. The first kappa shape index (κ1) is 17.6. The number of ether oxygens (including phenoxy) is 2. The van der Waals surface area contributed by atoms with Crippen LogP contribution in [0.4, 0.5) is 4.79 Å². The van der Waals surface area contributed by atoms with Crippen molar-refractivity contribution in [3.8, 4) is 6.07 Å². The molecule has 0 bridgehead atoms. The predicted molar refractivity (Wildman–Crippen MR) is 97.3 cm³/mol. The Hall–Kier alpha value is -3.26. The van der Waals surface area contributed by atoms with Crippen LogP contribution in [0.3, 0.4) is 0 Å². The van der Waals surface area contributed by atoms with Crippen LogP contribution in [0.1, 0.15) is 38.1 Å². The third-order valence-corrected chi connectivity index (χ3v) is 3.74. The summed E-state index contributed by atoms with van der Waals surface area (Å²) in [7, 11) is 0. The highest BCUT2D eigenvalue weighted by Gasteiger charge is 2.41. The quantitative estimate of drug-likeness (QED) is 0.779. The first-order valence-electron chi connectivity index (χ1n) is 8.34. The Labute approximate surface area is 153 Å². The van der Waals surface area contributed by atoms with Crippen molar-refractivity contribution in [2.24, 2.45) is 0 Å². The zero-order valence-electron chi connectivity index (χ0n) is 15.0. The van der Waals surface area contributed by atoms with Gasteiger partial charge in [-0.25, -0.2) is 9.69 Å². The van der Waals surface area contributed by atoms with E-state index in [4.69, 9.17) is 9.47 Å². The van der Waals surface area contributed by atoms with Crippen LogP contribution in [-0.4, -0.2) is 16.6 Å². The molecule has 0 N–H and O–H groups in total. The molecule has 1 aliphatic rings. The van der Waals surface area contributed by atoms with Crippen LogP contribution in [0.5, 0.6) is 0 Å². The van der Waals surface area contributed by atoms with Gasteiger partial charge in [-0.3, -0.25) is 0 Å². The van der Waals surface area contributed by atoms with E-state index in [0.717, 1.165) is 11.1 Å². The van der Waals surface area contributed by atoms with Gasteiger partial charge >= 0.3 is 6.09 Å². The summed E-state index contributed by atoms with van der Waals surface area (Å²) < 4.78 is 11.6. The zero-order valence-corrected chi connectivity index (χ0v) is 15.0. The van der Waals surface area contributed by atoms with Crippen LogP contribution >= 0.6 is 0 Å². The molecule has 1 atom stereocenters. The van der Waals surface area contributed by atoms with E-state index < -0.39 is 17.9 Å². The molecule has 1 unspecified atom stereocenters. The monoisotopic (exact) mass is 348 g/mol. The molecule has 26 heavy (non-hydrogen) atoms. The van der Waals surface area contributed by atoms with Gasteiger partial charge in [-0.05, 0) is 20.8 Å². The molecule has 132 valence electrons. The fourth-order valence-electron chi connectivity index (χ4n) is 2.68. The SMILES string of the molecule is CC(C)(C)OC(=O)N1C(C#N)=C(c2ccccc2)OC1c1ccccc1. The van der Waals surface area contributed by atoms with E-state index in [2.05, 4.69) is 6.07 Å². The molecule has 1 aliphatic heterocycles. The largest absolute Gasteiger partial charge is 0.462 e. The van der Waals surface area contributed by atoms with Crippen LogP contribution in [0.25, 0.3) is 5.76 Å². The van der Waals surface area contributed by atoms with Gasteiger partial charge in [-0.15, -0.1) is 0 Å². The molecular weight excluding hydrogens is 328 g/mol. The number of hydrogen-bond acceptors (Lipinski definition) is 4. The van der Waals surface area contributed by atoms with E-state index in [9.17, 15) is 10.1 Å². The summed E-state index contributed by atoms with van der Waals surface area (Å²) in [6.07, 6.45) is -1.37. The van der Waals surface area contributed by atoms with E-state index in [1.807, 2.05) is 60.7 Å². The minimum absolute atomic E-state index is 0.138. The number of benzene rings is 2. The molecular formula is C21H20N2O3. The van der Waals surface area contributed by atoms with Crippen molar-refractivity contribution >= 4 is 11.9 Å². The van der Waals surface area contributed by atoms with Crippen molar-refractivity contribution in [1.29, 1.82) is 5.26 Å². The van der Waals surface area contributed by atoms with E-state index in [1.165, 1.54) is 4.90 Å². The number of hydrogen-bond donors (Lipinski definition) is 0. The van der Waals surface area contributed by atoms with E-state index in [1.54, 1.807) is 20.8 Å². The van der Waals surface area contributed by atoms with Crippen molar-refractivity contribution < 1.29 is 14.3 Å². The topological polar surface area (TPSA) is 62.6 Å².